The molecule has 190 valence electrons. The van der Waals surface area contributed by atoms with E-state index in [9.17, 15) is 0 Å². The Balaban J connectivity index is 1.40. The Bertz CT molecular complexity index is 1380. The Morgan fingerprint density at radius 2 is 0.861 bits per heavy atom. The number of unbranched alkanes of at least 4 members (excludes halogenated alkanes) is 2. The standard InChI is InChI=1S/C34H42O2/c1-33(2,3)17-9-7-11-23-13-15-29-25(19-23)27-21-32-28(22-31(27)35-29)26-20-24(14-16-30(26)36-32)12-8-10-18-34(4,5)6/h13-16,19-22H,7-12,17-18H2,1-6H3. The maximum absolute atomic E-state index is 6.30. The zero-order valence-electron chi connectivity index (χ0n) is 23.1. The van der Waals surface area contributed by atoms with E-state index in [1.54, 1.807) is 0 Å². The molecule has 5 rings (SSSR count). The molecular weight excluding hydrogens is 440 g/mol. The molecule has 0 aliphatic rings. The van der Waals surface area contributed by atoms with E-state index in [4.69, 9.17) is 8.83 Å². The SMILES string of the molecule is CC(C)(C)CCCCc1ccc2oc3cc4c(cc3c2c1)oc1ccc(CCCCC(C)(C)C)cc14. The normalized spacial score (nSPS) is 13.1. The van der Waals surface area contributed by atoms with Gasteiger partial charge in [-0.3, -0.25) is 0 Å². The molecule has 36 heavy (non-hydrogen) atoms. The largest absolute Gasteiger partial charge is 0.456 e. The van der Waals surface area contributed by atoms with E-state index in [1.807, 2.05) is 0 Å². The van der Waals surface area contributed by atoms with E-state index in [2.05, 4.69) is 90.1 Å². The van der Waals surface area contributed by atoms with E-state index >= 15 is 0 Å². The van der Waals surface area contributed by atoms with E-state index in [-0.39, 0.29) is 0 Å². The first-order valence-electron chi connectivity index (χ1n) is 13.9. The topological polar surface area (TPSA) is 26.3 Å². The Labute approximate surface area is 216 Å². The number of hydrogen-bond acceptors (Lipinski definition) is 2. The van der Waals surface area contributed by atoms with Crippen LogP contribution in [0.5, 0.6) is 0 Å². The van der Waals surface area contributed by atoms with Crippen molar-refractivity contribution in [1.82, 2.24) is 0 Å². The van der Waals surface area contributed by atoms with Gasteiger partial charge < -0.3 is 8.83 Å². The summed E-state index contributed by atoms with van der Waals surface area (Å²) < 4.78 is 12.6. The Hall–Kier alpha value is -2.74. The van der Waals surface area contributed by atoms with E-state index in [1.165, 1.54) is 60.4 Å². The predicted octanol–water partition coefficient (Wildman–Crippen LogP) is 11.0. The third-order valence-electron chi connectivity index (χ3n) is 7.47. The minimum absolute atomic E-state index is 0.412. The van der Waals surface area contributed by atoms with Crippen LogP contribution in [-0.4, -0.2) is 0 Å². The fourth-order valence-corrected chi connectivity index (χ4v) is 5.42. The lowest BCUT2D eigenvalue weighted by molar-refractivity contribution is 0.360. The second-order valence-corrected chi connectivity index (χ2v) is 13.2. The average molecular weight is 483 g/mol. The Kier molecular flexibility index (Phi) is 6.66. The number of rotatable bonds is 8. The van der Waals surface area contributed by atoms with Crippen molar-refractivity contribution in [2.45, 2.75) is 92.9 Å². The second-order valence-electron chi connectivity index (χ2n) is 13.2. The van der Waals surface area contributed by atoms with Crippen LogP contribution in [-0.2, 0) is 12.8 Å². The average Bonchev–Trinajstić information content (AvgIpc) is 3.33. The van der Waals surface area contributed by atoms with Crippen LogP contribution >= 0.6 is 0 Å². The van der Waals surface area contributed by atoms with Gasteiger partial charge in [-0.25, -0.2) is 0 Å². The highest BCUT2D eigenvalue weighted by molar-refractivity contribution is 6.14. The zero-order chi connectivity index (χ0) is 25.5. The summed E-state index contributed by atoms with van der Waals surface area (Å²) in [5, 5.41) is 4.69. The van der Waals surface area contributed by atoms with E-state index in [0.717, 1.165) is 45.9 Å². The summed E-state index contributed by atoms with van der Waals surface area (Å²) in [6, 6.07) is 17.8. The summed E-state index contributed by atoms with van der Waals surface area (Å²) >= 11 is 0. The van der Waals surface area contributed by atoms with Gasteiger partial charge in [-0.2, -0.15) is 0 Å². The van der Waals surface area contributed by atoms with Crippen LogP contribution in [0, 0.1) is 10.8 Å². The van der Waals surface area contributed by atoms with Crippen LogP contribution in [0.2, 0.25) is 0 Å². The summed E-state index contributed by atoms with van der Waals surface area (Å²) in [5.74, 6) is 0. The molecular formula is C34H42O2. The first-order chi connectivity index (χ1) is 17.1. The number of aryl methyl sites for hydroxylation is 2. The predicted molar refractivity (Wildman–Crippen MR) is 155 cm³/mol. The monoisotopic (exact) mass is 482 g/mol. The van der Waals surface area contributed by atoms with Crippen LogP contribution in [0.25, 0.3) is 43.9 Å². The minimum atomic E-state index is 0.412. The Morgan fingerprint density at radius 3 is 1.25 bits per heavy atom. The fourth-order valence-electron chi connectivity index (χ4n) is 5.42. The molecule has 2 aromatic heterocycles. The molecule has 0 radical (unpaired) electrons. The lowest BCUT2D eigenvalue weighted by atomic mass is 9.89. The third-order valence-corrected chi connectivity index (χ3v) is 7.47. The molecule has 5 aromatic rings. The molecule has 0 spiro atoms. The van der Waals surface area contributed by atoms with Crippen molar-refractivity contribution in [2.24, 2.45) is 10.8 Å². The molecule has 0 amide bonds. The first kappa shape index (κ1) is 24.9. The molecule has 0 unspecified atom stereocenters. The van der Waals surface area contributed by atoms with Gasteiger partial charge >= 0.3 is 0 Å². The second kappa shape index (κ2) is 9.61. The number of benzene rings is 3. The molecule has 0 bridgehead atoms. The Morgan fingerprint density at radius 1 is 0.472 bits per heavy atom. The van der Waals surface area contributed by atoms with Crippen LogP contribution in [0.4, 0.5) is 0 Å². The van der Waals surface area contributed by atoms with Gasteiger partial charge in [0.05, 0.1) is 0 Å². The van der Waals surface area contributed by atoms with Crippen LogP contribution in [0.1, 0.15) is 91.2 Å². The van der Waals surface area contributed by atoms with E-state index < -0.39 is 0 Å². The molecule has 0 saturated heterocycles. The van der Waals surface area contributed by atoms with Crippen LogP contribution in [0.3, 0.4) is 0 Å². The van der Waals surface area contributed by atoms with Crippen molar-refractivity contribution >= 4 is 43.9 Å². The van der Waals surface area contributed by atoms with Gasteiger partial charge in [0.1, 0.15) is 22.3 Å². The lowest BCUT2D eigenvalue weighted by Gasteiger charge is -2.17. The van der Waals surface area contributed by atoms with Crippen molar-refractivity contribution in [1.29, 1.82) is 0 Å². The molecule has 0 aliphatic carbocycles. The van der Waals surface area contributed by atoms with Crippen LogP contribution < -0.4 is 0 Å². The molecule has 0 N–H and O–H groups in total. The number of fused-ring (bicyclic) bond motifs is 6. The maximum atomic E-state index is 6.30. The number of furan rings is 2. The van der Waals surface area contributed by atoms with Gasteiger partial charge in [0.25, 0.3) is 0 Å². The molecule has 0 fully saturated rings. The molecule has 2 heteroatoms. The summed E-state index contributed by atoms with van der Waals surface area (Å²) in [6.45, 7) is 13.9. The van der Waals surface area contributed by atoms with Crippen molar-refractivity contribution in [2.75, 3.05) is 0 Å². The van der Waals surface area contributed by atoms with Gasteiger partial charge in [0, 0.05) is 21.5 Å². The summed E-state index contributed by atoms with van der Waals surface area (Å²) in [5.41, 5.74) is 7.41. The minimum Gasteiger partial charge on any atom is -0.456 e. The van der Waals surface area contributed by atoms with Crippen molar-refractivity contribution in [3.05, 3.63) is 59.7 Å². The number of hydrogen-bond donors (Lipinski definition) is 0. The van der Waals surface area contributed by atoms with Gasteiger partial charge in [-0.1, -0.05) is 66.5 Å². The highest BCUT2D eigenvalue weighted by Crippen LogP contribution is 2.37. The van der Waals surface area contributed by atoms with Crippen LogP contribution in [0.15, 0.2) is 57.4 Å². The molecule has 3 aromatic carbocycles. The molecule has 2 heterocycles. The van der Waals surface area contributed by atoms with Crippen molar-refractivity contribution in [3.8, 4) is 0 Å². The smallest absolute Gasteiger partial charge is 0.136 e. The van der Waals surface area contributed by atoms with Crippen molar-refractivity contribution < 1.29 is 8.83 Å². The molecule has 0 aliphatic heterocycles. The highest BCUT2D eigenvalue weighted by atomic mass is 16.3. The molecule has 0 atom stereocenters. The molecule has 0 saturated carbocycles. The van der Waals surface area contributed by atoms with Crippen molar-refractivity contribution in [3.63, 3.8) is 0 Å². The van der Waals surface area contributed by atoms with Gasteiger partial charge in [0.15, 0.2) is 0 Å². The molecule has 2 nitrogen and oxygen atoms in total. The fraction of sp³-hybridized carbons (Fsp3) is 0.471. The summed E-state index contributed by atoms with van der Waals surface area (Å²) in [7, 11) is 0. The zero-order valence-corrected chi connectivity index (χ0v) is 23.1. The van der Waals surface area contributed by atoms with Gasteiger partial charge in [-0.15, -0.1) is 0 Å². The first-order valence-corrected chi connectivity index (χ1v) is 13.9. The lowest BCUT2D eigenvalue weighted by Crippen LogP contribution is -2.04. The van der Waals surface area contributed by atoms with Gasteiger partial charge in [0.2, 0.25) is 0 Å². The third kappa shape index (κ3) is 5.64. The van der Waals surface area contributed by atoms with Gasteiger partial charge in [-0.05, 0) is 96.9 Å². The highest BCUT2D eigenvalue weighted by Gasteiger charge is 2.15. The summed E-state index contributed by atoms with van der Waals surface area (Å²) in [4.78, 5) is 0. The summed E-state index contributed by atoms with van der Waals surface area (Å²) in [6.07, 6.45) is 9.76. The van der Waals surface area contributed by atoms with E-state index in [0.29, 0.717) is 10.8 Å². The quantitative estimate of drug-likeness (QED) is 0.206. The maximum Gasteiger partial charge on any atom is 0.136 e.